The van der Waals surface area contributed by atoms with Gasteiger partial charge in [-0.05, 0) is 13.0 Å². The normalized spacial score (nSPS) is 15.0. The molecule has 4 heterocycles. The highest BCUT2D eigenvalue weighted by Gasteiger charge is 2.39. The molecule has 0 unspecified atom stereocenters. The van der Waals surface area contributed by atoms with Gasteiger partial charge in [-0.15, -0.1) is 33.1 Å². The summed E-state index contributed by atoms with van der Waals surface area (Å²) in [6.45, 7) is 2.68. The summed E-state index contributed by atoms with van der Waals surface area (Å²) in [6, 6.07) is 1.98. The van der Waals surface area contributed by atoms with Crippen LogP contribution in [0.4, 0.5) is 19.0 Å². The average molecular weight is 389 g/mol. The first-order chi connectivity index (χ1) is 11.9. The highest BCUT2D eigenvalue weighted by molar-refractivity contribution is 7.18. The van der Waals surface area contributed by atoms with E-state index in [0.717, 1.165) is 19.7 Å². The zero-order chi connectivity index (χ0) is 17.8. The zero-order valence-corrected chi connectivity index (χ0v) is 14.6. The molecule has 0 saturated carbocycles. The van der Waals surface area contributed by atoms with E-state index in [2.05, 4.69) is 20.2 Å². The standard InChI is InChI=1S/C14H12ClF3N6S/c1-7-4-8-11(19-9(5-15)20-12(8)25-7)23-2-3-24-10(6-23)21-22-13(24)14(16,17)18/h4H,2-3,5-6H2,1H3. The summed E-state index contributed by atoms with van der Waals surface area (Å²) in [5.41, 5.74) is 0. The highest BCUT2D eigenvalue weighted by Crippen LogP contribution is 2.34. The van der Waals surface area contributed by atoms with Crippen molar-refractivity contribution in [1.82, 2.24) is 24.7 Å². The molecule has 4 rings (SSSR count). The van der Waals surface area contributed by atoms with E-state index in [-0.39, 0.29) is 24.8 Å². The molecule has 0 spiro atoms. The molecule has 0 fully saturated rings. The van der Waals surface area contributed by atoms with E-state index in [1.54, 1.807) is 0 Å². The average Bonchev–Trinajstić information content (AvgIpc) is 3.14. The maximum atomic E-state index is 13.0. The van der Waals surface area contributed by atoms with E-state index >= 15 is 0 Å². The van der Waals surface area contributed by atoms with Crippen LogP contribution in [0.15, 0.2) is 6.07 Å². The van der Waals surface area contributed by atoms with E-state index in [9.17, 15) is 13.2 Å². The Morgan fingerprint density at radius 3 is 2.76 bits per heavy atom. The Balaban J connectivity index is 1.75. The van der Waals surface area contributed by atoms with Crippen molar-refractivity contribution in [1.29, 1.82) is 0 Å². The number of anilines is 1. The molecule has 0 saturated heterocycles. The molecule has 1 aliphatic heterocycles. The van der Waals surface area contributed by atoms with Crippen molar-refractivity contribution < 1.29 is 13.2 Å². The minimum Gasteiger partial charge on any atom is -0.347 e. The van der Waals surface area contributed by atoms with Crippen molar-refractivity contribution in [3.63, 3.8) is 0 Å². The minimum absolute atomic E-state index is 0.141. The maximum Gasteiger partial charge on any atom is 0.451 e. The molecule has 132 valence electrons. The van der Waals surface area contributed by atoms with Gasteiger partial charge in [0.05, 0.1) is 17.8 Å². The van der Waals surface area contributed by atoms with Crippen LogP contribution in [0.5, 0.6) is 0 Å². The first-order valence-electron chi connectivity index (χ1n) is 7.44. The Morgan fingerprint density at radius 1 is 1.24 bits per heavy atom. The molecule has 3 aromatic rings. The topological polar surface area (TPSA) is 59.7 Å². The van der Waals surface area contributed by atoms with Crippen LogP contribution in [0, 0.1) is 6.92 Å². The maximum absolute atomic E-state index is 13.0. The minimum atomic E-state index is -4.51. The molecule has 11 heteroatoms. The number of aromatic nitrogens is 5. The van der Waals surface area contributed by atoms with E-state index in [4.69, 9.17) is 11.6 Å². The van der Waals surface area contributed by atoms with E-state index in [1.807, 2.05) is 17.9 Å². The number of fused-ring (bicyclic) bond motifs is 2. The summed E-state index contributed by atoms with van der Waals surface area (Å²) in [7, 11) is 0. The molecule has 25 heavy (non-hydrogen) atoms. The third kappa shape index (κ3) is 2.82. The van der Waals surface area contributed by atoms with Gasteiger partial charge < -0.3 is 9.47 Å². The predicted molar refractivity (Wildman–Crippen MR) is 87.8 cm³/mol. The Morgan fingerprint density at radius 2 is 2.04 bits per heavy atom. The lowest BCUT2D eigenvalue weighted by atomic mass is 10.2. The smallest absolute Gasteiger partial charge is 0.347 e. The van der Waals surface area contributed by atoms with Crippen LogP contribution in [0.2, 0.25) is 0 Å². The summed E-state index contributed by atoms with van der Waals surface area (Å²) in [6.07, 6.45) is -4.51. The number of hydrogen-bond donors (Lipinski definition) is 0. The molecular weight excluding hydrogens is 377 g/mol. The number of nitrogens with zero attached hydrogens (tertiary/aromatic N) is 6. The van der Waals surface area contributed by atoms with Crippen LogP contribution in [0.3, 0.4) is 0 Å². The fourth-order valence-corrected chi connectivity index (χ4v) is 3.93. The second-order valence-electron chi connectivity index (χ2n) is 5.68. The summed E-state index contributed by atoms with van der Waals surface area (Å²) < 4.78 is 40.0. The van der Waals surface area contributed by atoms with Gasteiger partial charge in [-0.25, -0.2) is 9.97 Å². The van der Waals surface area contributed by atoms with Crippen molar-refractivity contribution >= 4 is 39.0 Å². The third-order valence-corrected chi connectivity index (χ3v) is 5.15. The SMILES string of the molecule is Cc1cc2c(N3CCn4c(nnc4C(F)(F)F)C3)nc(CCl)nc2s1. The number of halogens is 4. The second-order valence-corrected chi connectivity index (χ2v) is 7.19. The van der Waals surface area contributed by atoms with Crippen molar-refractivity contribution in [3.8, 4) is 0 Å². The van der Waals surface area contributed by atoms with Crippen LogP contribution in [-0.2, 0) is 25.1 Å². The van der Waals surface area contributed by atoms with Crippen molar-refractivity contribution in [2.45, 2.75) is 32.1 Å². The van der Waals surface area contributed by atoms with Crippen LogP contribution >= 0.6 is 22.9 Å². The van der Waals surface area contributed by atoms with Gasteiger partial charge in [0.2, 0.25) is 5.82 Å². The van der Waals surface area contributed by atoms with Gasteiger partial charge >= 0.3 is 6.18 Å². The summed E-state index contributed by atoms with van der Waals surface area (Å²) in [5, 5.41) is 7.89. The molecule has 3 aromatic heterocycles. The number of hydrogen-bond acceptors (Lipinski definition) is 6. The fourth-order valence-electron chi connectivity index (χ4n) is 2.92. The summed E-state index contributed by atoms with van der Waals surface area (Å²) in [4.78, 5) is 12.7. The van der Waals surface area contributed by atoms with Gasteiger partial charge in [-0.1, -0.05) is 0 Å². The molecule has 0 bridgehead atoms. The van der Waals surface area contributed by atoms with Crippen molar-refractivity contribution in [2.75, 3.05) is 11.4 Å². The summed E-state index contributed by atoms with van der Waals surface area (Å²) >= 11 is 7.42. The van der Waals surface area contributed by atoms with Crippen molar-refractivity contribution in [3.05, 3.63) is 28.4 Å². The summed E-state index contributed by atoms with van der Waals surface area (Å²) in [5.74, 6) is 0.650. The van der Waals surface area contributed by atoms with E-state index in [1.165, 1.54) is 11.3 Å². The Kier molecular flexibility index (Phi) is 3.84. The lowest BCUT2D eigenvalue weighted by molar-refractivity contribution is -0.147. The number of thiophene rings is 1. The molecule has 0 aliphatic carbocycles. The Hall–Kier alpha value is -1.94. The second kappa shape index (κ2) is 5.80. The molecule has 0 amide bonds. The van der Waals surface area contributed by atoms with Crippen LogP contribution < -0.4 is 4.90 Å². The Labute approximate surface area is 149 Å². The molecule has 0 radical (unpaired) electrons. The first kappa shape index (κ1) is 16.5. The molecule has 0 N–H and O–H groups in total. The zero-order valence-electron chi connectivity index (χ0n) is 13.0. The predicted octanol–water partition coefficient (Wildman–Crippen LogP) is 3.37. The van der Waals surface area contributed by atoms with Gasteiger partial charge in [-0.3, -0.25) is 0 Å². The molecule has 6 nitrogen and oxygen atoms in total. The van der Waals surface area contributed by atoms with Crippen LogP contribution in [0.25, 0.3) is 10.2 Å². The number of alkyl halides is 4. The lowest BCUT2D eigenvalue weighted by Gasteiger charge is -2.29. The largest absolute Gasteiger partial charge is 0.451 e. The van der Waals surface area contributed by atoms with Gasteiger partial charge in [0.25, 0.3) is 0 Å². The molecule has 1 aliphatic rings. The van der Waals surface area contributed by atoms with Crippen LogP contribution in [-0.4, -0.2) is 31.3 Å². The lowest BCUT2D eigenvalue weighted by Crippen LogP contribution is -2.36. The van der Waals surface area contributed by atoms with Gasteiger partial charge in [0, 0.05) is 18.0 Å². The van der Waals surface area contributed by atoms with Gasteiger partial charge in [0.15, 0.2) is 5.82 Å². The molecule has 0 aromatic carbocycles. The van der Waals surface area contributed by atoms with Gasteiger partial charge in [0.1, 0.15) is 16.5 Å². The molecule has 0 atom stereocenters. The number of aryl methyl sites for hydroxylation is 1. The monoisotopic (exact) mass is 388 g/mol. The highest BCUT2D eigenvalue weighted by atomic mass is 35.5. The van der Waals surface area contributed by atoms with Crippen LogP contribution in [0.1, 0.15) is 22.4 Å². The van der Waals surface area contributed by atoms with E-state index < -0.39 is 12.0 Å². The van der Waals surface area contributed by atoms with Crippen molar-refractivity contribution in [2.24, 2.45) is 0 Å². The molecular formula is C14H12ClF3N6S. The number of rotatable bonds is 2. The fraction of sp³-hybridized carbons (Fsp3) is 0.429. The Bertz CT molecular complexity index is 950. The first-order valence-corrected chi connectivity index (χ1v) is 8.79. The quantitative estimate of drug-likeness (QED) is 0.630. The van der Waals surface area contributed by atoms with Gasteiger partial charge in [-0.2, -0.15) is 13.2 Å². The van der Waals surface area contributed by atoms with E-state index in [0.29, 0.717) is 18.2 Å². The third-order valence-electron chi connectivity index (χ3n) is 3.97.